The lowest BCUT2D eigenvalue weighted by Gasteiger charge is -2.35. The first-order chi connectivity index (χ1) is 8.29. The second-order valence-corrected chi connectivity index (χ2v) is 4.95. The van der Waals surface area contributed by atoms with E-state index in [1.54, 1.807) is 0 Å². The third-order valence-electron chi connectivity index (χ3n) is 3.77. The van der Waals surface area contributed by atoms with Crippen molar-refractivity contribution in [1.29, 1.82) is 0 Å². The molecule has 0 spiro atoms. The summed E-state index contributed by atoms with van der Waals surface area (Å²) < 4.78 is 0. The molecule has 0 atom stereocenters. The molecule has 3 heteroatoms. The van der Waals surface area contributed by atoms with E-state index in [1.165, 1.54) is 22.4 Å². The summed E-state index contributed by atoms with van der Waals surface area (Å²) in [6.07, 6.45) is 4.69. The summed E-state index contributed by atoms with van der Waals surface area (Å²) in [4.78, 5) is 13.9. The van der Waals surface area contributed by atoms with Crippen LogP contribution in [0, 0.1) is 0 Å². The highest BCUT2D eigenvalue weighted by Gasteiger charge is 2.29. The van der Waals surface area contributed by atoms with Gasteiger partial charge in [-0.3, -0.25) is 4.79 Å². The Morgan fingerprint density at radius 2 is 1.94 bits per heavy atom. The summed E-state index contributed by atoms with van der Waals surface area (Å²) in [6, 6.07) is 4.49. The summed E-state index contributed by atoms with van der Waals surface area (Å²) in [6.45, 7) is 1.59. The molecule has 1 aromatic rings. The zero-order chi connectivity index (χ0) is 11.8. The van der Waals surface area contributed by atoms with E-state index in [2.05, 4.69) is 12.1 Å². The maximum atomic E-state index is 11.9. The average Bonchev–Trinajstić information content (AvgIpc) is 2.34. The van der Waals surface area contributed by atoms with Crippen molar-refractivity contribution in [3.8, 4) is 0 Å². The Morgan fingerprint density at radius 3 is 2.71 bits per heavy atom. The van der Waals surface area contributed by atoms with E-state index < -0.39 is 0 Å². The molecule has 3 rings (SSSR count). The lowest BCUT2D eigenvalue weighted by molar-refractivity contribution is -0.119. The van der Waals surface area contributed by atoms with Crippen LogP contribution in [0.5, 0.6) is 0 Å². The number of benzene rings is 1. The van der Waals surface area contributed by atoms with Gasteiger partial charge in [0.1, 0.15) is 0 Å². The highest BCUT2D eigenvalue weighted by molar-refractivity contribution is 5.97. The number of aryl methyl sites for hydroxylation is 2. The Labute approximate surface area is 102 Å². The van der Waals surface area contributed by atoms with Crippen LogP contribution < -0.4 is 10.6 Å². The monoisotopic (exact) mass is 230 g/mol. The lowest BCUT2D eigenvalue weighted by Crippen LogP contribution is -2.39. The molecule has 3 nitrogen and oxygen atoms in total. The molecule has 0 bridgehead atoms. The fraction of sp³-hybridized carbons (Fsp3) is 0.500. The fourth-order valence-electron chi connectivity index (χ4n) is 3.04. The van der Waals surface area contributed by atoms with Crippen molar-refractivity contribution < 1.29 is 4.79 Å². The molecular formula is C14H18N2O. The van der Waals surface area contributed by atoms with Crippen LogP contribution in [0.1, 0.15) is 29.5 Å². The molecule has 17 heavy (non-hydrogen) atoms. The first-order valence-electron chi connectivity index (χ1n) is 6.44. The van der Waals surface area contributed by atoms with Crippen molar-refractivity contribution >= 4 is 11.6 Å². The second kappa shape index (κ2) is 4.15. The summed E-state index contributed by atoms with van der Waals surface area (Å²) in [7, 11) is 0. The van der Waals surface area contributed by atoms with E-state index in [-0.39, 0.29) is 0 Å². The third-order valence-corrected chi connectivity index (χ3v) is 3.77. The van der Waals surface area contributed by atoms with Crippen LogP contribution in [0.25, 0.3) is 0 Å². The number of hydrogen-bond donors (Lipinski definition) is 1. The number of anilines is 1. The Balaban J connectivity index is 2.10. The van der Waals surface area contributed by atoms with E-state index in [9.17, 15) is 4.79 Å². The number of rotatable bonds is 2. The van der Waals surface area contributed by atoms with Gasteiger partial charge in [-0.15, -0.1) is 0 Å². The predicted molar refractivity (Wildman–Crippen MR) is 68.2 cm³/mol. The van der Waals surface area contributed by atoms with Gasteiger partial charge in [0.2, 0.25) is 5.91 Å². The van der Waals surface area contributed by atoms with Gasteiger partial charge in [-0.05, 0) is 48.9 Å². The van der Waals surface area contributed by atoms with Crippen LogP contribution in [0.15, 0.2) is 12.1 Å². The van der Waals surface area contributed by atoms with Gasteiger partial charge in [-0.2, -0.15) is 0 Å². The smallest absolute Gasteiger partial charge is 0.227 e. The SMILES string of the molecule is NCCc1cc2c3c(c1)CCC(=O)N3CCC2. The summed E-state index contributed by atoms with van der Waals surface area (Å²) in [5, 5.41) is 0. The van der Waals surface area contributed by atoms with Crippen LogP contribution in [0.2, 0.25) is 0 Å². The summed E-state index contributed by atoms with van der Waals surface area (Å²) in [5.74, 6) is 0.296. The molecule has 0 fully saturated rings. The molecule has 2 aliphatic heterocycles. The molecule has 1 aromatic carbocycles. The number of carbonyl (C=O) groups excluding carboxylic acids is 1. The molecule has 0 aliphatic carbocycles. The number of hydrogen-bond acceptors (Lipinski definition) is 2. The van der Waals surface area contributed by atoms with Crippen molar-refractivity contribution in [2.45, 2.75) is 32.1 Å². The largest absolute Gasteiger partial charge is 0.330 e. The normalized spacial score (nSPS) is 18.2. The topological polar surface area (TPSA) is 46.3 Å². The van der Waals surface area contributed by atoms with E-state index in [4.69, 9.17) is 5.73 Å². The van der Waals surface area contributed by atoms with Crippen LogP contribution in [0.4, 0.5) is 5.69 Å². The van der Waals surface area contributed by atoms with E-state index >= 15 is 0 Å². The number of nitrogens with zero attached hydrogens (tertiary/aromatic N) is 1. The second-order valence-electron chi connectivity index (χ2n) is 4.95. The van der Waals surface area contributed by atoms with Gasteiger partial charge in [0.25, 0.3) is 0 Å². The van der Waals surface area contributed by atoms with Crippen molar-refractivity contribution in [3.63, 3.8) is 0 Å². The molecule has 0 radical (unpaired) electrons. The first kappa shape index (κ1) is 10.8. The quantitative estimate of drug-likeness (QED) is 0.835. The molecule has 0 unspecified atom stereocenters. The highest BCUT2D eigenvalue weighted by Crippen LogP contribution is 2.36. The van der Waals surface area contributed by atoms with Gasteiger partial charge in [-0.25, -0.2) is 0 Å². The van der Waals surface area contributed by atoms with E-state index in [0.717, 1.165) is 32.2 Å². The Hall–Kier alpha value is -1.35. The Morgan fingerprint density at radius 1 is 1.18 bits per heavy atom. The van der Waals surface area contributed by atoms with Crippen LogP contribution in [0.3, 0.4) is 0 Å². The average molecular weight is 230 g/mol. The van der Waals surface area contributed by atoms with Crippen LogP contribution in [-0.4, -0.2) is 19.0 Å². The van der Waals surface area contributed by atoms with Crippen LogP contribution >= 0.6 is 0 Å². The lowest BCUT2D eigenvalue weighted by atomic mass is 9.89. The van der Waals surface area contributed by atoms with Crippen LogP contribution in [-0.2, 0) is 24.1 Å². The van der Waals surface area contributed by atoms with Crippen molar-refractivity contribution in [3.05, 3.63) is 28.8 Å². The summed E-state index contributed by atoms with van der Waals surface area (Å²) in [5.41, 5.74) is 10.9. The minimum atomic E-state index is 0.296. The Kier molecular flexibility index (Phi) is 2.63. The first-order valence-corrected chi connectivity index (χ1v) is 6.44. The molecule has 0 saturated carbocycles. The fourth-order valence-corrected chi connectivity index (χ4v) is 3.04. The zero-order valence-electron chi connectivity index (χ0n) is 10.0. The molecule has 2 N–H and O–H groups in total. The highest BCUT2D eigenvalue weighted by atomic mass is 16.2. The standard InChI is InChI=1S/C14H18N2O/c15-6-5-10-8-11-2-1-7-16-13(17)4-3-12(9-10)14(11)16/h8-9H,1-7,15H2. The van der Waals surface area contributed by atoms with Gasteiger partial charge in [0, 0.05) is 13.0 Å². The number of carbonyl (C=O) groups is 1. The van der Waals surface area contributed by atoms with Crippen molar-refractivity contribution in [1.82, 2.24) is 0 Å². The molecule has 0 saturated heterocycles. The zero-order valence-corrected chi connectivity index (χ0v) is 10.0. The predicted octanol–water partition coefficient (Wildman–Crippen LogP) is 1.41. The van der Waals surface area contributed by atoms with Gasteiger partial charge >= 0.3 is 0 Å². The summed E-state index contributed by atoms with van der Waals surface area (Å²) >= 11 is 0. The minimum Gasteiger partial charge on any atom is -0.330 e. The van der Waals surface area contributed by atoms with Gasteiger partial charge in [-0.1, -0.05) is 12.1 Å². The maximum Gasteiger partial charge on any atom is 0.227 e. The maximum absolute atomic E-state index is 11.9. The molecule has 90 valence electrons. The molecule has 2 aliphatic rings. The molecular weight excluding hydrogens is 212 g/mol. The Bertz CT molecular complexity index is 450. The van der Waals surface area contributed by atoms with Gasteiger partial charge in [0.15, 0.2) is 0 Å². The molecule has 2 heterocycles. The molecule has 0 aromatic heterocycles. The van der Waals surface area contributed by atoms with Gasteiger partial charge < -0.3 is 10.6 Å². The third kappa shape index (κ3) is 1.75. The van der Waals surface area contributed by atoms with E-state index in [1.807, 2.05) is 4.90 Å². The van der Waals surface area contributed by atoms with E-state index in [0.29, 0.717) is 18.9 Å². The van der Waals surface area contributed by atoms with Crippen molar-refractivity contribution in [2.75, 3.05) is 18.0 Å². The number of amides is 1. The number of nitrogens with two attached hydrogens (primary N) is 1. The minimum absolute atomic E-state index is 0.296. The van der Waals surface area contributed by atoms with Crippen molar-refractivity contribution in [2.24, 2.45) is 5.73 Å². The van der Waals surface area contributed by atoms with Gasteiger partial charge in [0.05, 0.1) is 5.69 Å². The molecule has 1 amide bonds.